The number of nitrogens with one attached hydrogen (secondary N) is 2. The van der Waals surface area contributed by atoms with E-state index in [1.165, 1.54) is 0 Å². The summed E-state index contributed by atoms with van der Waals surface area (Å²) < 4.78 is 10.7. The average Bonchev–Trinajstić information content (AvgIpc) is 2.78. The van der Waals surface area contributed by atoms with E-state index in [-0.39, 0.29) is 24.7 Å². The summed E-state index contributed by atoms with van der Waals surface area (Å²) in [7, 11) is 0. The number of hydrogen-bond acceptors (Lipinski definition) is 6. The second-order valence-corrected chi connectivity index (χ2v) is 8.38. The van der Waals surface area contributed by atoms with Crippen molar-refractivity contribution >= 4 is 23.6 Å². The maximum atomic E-state index is 13.0. The number of carbonyl (C=O) groups is 4. The maximum absolute atomic E-state index is 13.0. The summed E-state index contributed by atoms with van der Waals surface area (Å²) in [5, 5.41) is 5.23. The van der Waals surface area contributed by atoms with Gasteiger partial charge in [-0.1, -0.05) is 50.6 Å². The first kappa shape index (κ1) is 25.5. The van der Waals surface area contributed by atoms with E-state index in [0.29, 0.717) is 39.0 Å². The number of ketones is 2. The van der Waals surface area contributed by atoms with Gasteiger partial charge in [0, 0.05) is 32.1 Å². The minimum Gasteiger partial charge on any atom is -0.445 e. The standard InChI is InChI=1S/C24H34N2O6/c1-17(2)21(26-24(30)32-16-18-9-4-3-5-10-18)20(27)15-19-11-6-7-13-31-14-8-12-25-23(29)22(19)28/h3-5,9-10,17,19,21H,6-8,11-16H2,1-2H3,(H,25,29)(H,26,30). The van der Waals surface area contributed by atoms with E-state index in [1.54, 1.807) is 0 Å². The van der Waals surface area contributed by atoms with Crippen LogP contribution in [0.4, 0.5) is 4.79 Å². The fourth-order valence-corrected chi connectivity index (χ4v) is 3.55. The highest BCUT2D eigenvalue weighted by atomic mass is 16.5. The monoisotopic (exact) mass is 446 g/mol. The van der Waals surface area contributed by atoms with Gasteiger partial charge in [0.2, 0.25) is 5.78 Å². The molecular weight excluding hydrogens is 412 g/mol. The van der Waals surface area contributed by atoms with Gasteiger partial charge >= 0.3 is 6.09 Å². The number of benzene rings is 1. The average molecular weight is 447 g/mol. The van der Waals surface area contributed by atoms with Crippen LogP contribution in [0, 0.1) is 11.8 Å². The maximum Gasteiger partial charge on any atom is 0.408 e. The summed E-state index contributed by atoms with van der Waals surface area (Å²) in [6.07, 6.45) is 1.69. The Morgan fingerprint density at radius 2 is 1.84 bits per heavy atom. The molecule has 32 heavy (non-hydrogen) atoms. The van der Waals surface area contributed by atoms with Crippen LogP contribution >= 0.6 is 0 Å². The Bertz CT molecular complexity index is 765. The molecule has 1 fully saturated rings. The lowest BCUT2D eigenvalue weighted by Gasteiger charge is -2.23. The summed E-state index contributed by atoms with van der Waals surface area (Å²) in [4.78, 5) is 50.2. The molecule has 2 amide bonds. The quantitative estimate of drug-likeness (QED) is 0.623. The molecule has 1 saturated heterocycles. The molecule has 0 bridgehead atoms. The fourth-order valence-electron chi connectivity index (χ4n) is 3.55. The number of hydrogen-bond donors (Lipinski definition) is 2. The van der Waals surface area contributed by atoms with Gasteiger partial charge in [-0.15, -0.1) is 0 Å². The highest BCUT2D eigenvalue weighted by Crippen LogP contribution is 2.19. The van der Waals surface area contributed by atoms with Crippen molar-refractivity contribution in [2.45, 2.75) is 58.6 Å². The van der Waals surface area contributed by atoms with Crippen LogP contribution in [-0.2, 0) is 30.5 Å². The van der Waals surface area contributed by atoms with Crippen LogP contribution in [0.15, 0.2) is 30.3 Å². The van der Waals surface area contributed by atoms with Crippen LogP contribution in [-0.4, -0.2) is 49.4 Å². The SMILES string of the molecule is CC(C)C(NC(=O)OCc1ccccc1)C(=O)CC1CCCCOCCCNC(=O)C1=O. The van der Waals surface area contributed by atoms with E-state index in [1.807, 2.05) is 44.2 Å². The van der Waals surface area contributed by atoms with Crippen molar-refractivity contribution in [2.24, 2.45) is 11.8 Å². The minimum absolute atomic E-state index is 0.0923. The van der Waals surface area contributed by atoms with E-state index >= 15 is 0 Å². The van der Waals surface area contributed by atoms with Crippen LogP contribution in [0.5, 0.6) is 0 Å². The molecule has 1 aliphatic heterocycles. The molecule has 0 radical (unpaired) electrons. The highest BCUT2D eigenvalue weighted by molar-refractivity contribution is 6.37. The van der Waals surface area contributed by atoms with Crippen LogP contribution in [0.1, 0.15) is 51.5 Å². The predicted octanol–water partition coefficient (Wildman–Crippen LogP) is 2.79. The van der Waals surface area contributed by atoms with Crippen LogP contribution in [0.25, 0.3) is 0 Å². The molecule has 2 atom stereocenters. The molecule has 0 saturated carbocycles. The molecular formula is C24H34N2O6. The Morgan fingerprint density at radius 1 is 1.12 bits per heavy atom. The van der Waals surface area contributed by atoms with Gasteiger partial charge in [-0.25, -0.2) is 4.79 Å². The Morgan fingerprint density at radius 3 is 2.56 bits per heavy atom. The number of Topliss-reactive ketones (excluding diaryl/α,β-unsaturated/α-hetero) is 2. The smallest absolute Gasteiger partial charge is 0.408 e. The molecule has 2 rings (SSSR count). The molecule has 8 heteroatoms. The number of alkyl carbamates (subject to hydrolysis) is 1. The molecule has 2 unspecified atom stereocenters. The first-order valence-electron chi connectivity index (χ1n) is 11.3. The van der Waals surface area contributed by atoms with Gasteiger partial charge in [0.25, 0.3) is 5.91 Å². The fraction of sp³-hybridized carbons (Fsp3) is 0.583. The van der Waals surface area contributed by atoms with Gasteiger partial charge in [0.05, 0.1) is 6.04 Å². The lowest BCUT2D eigenvalue weighted by molar-refractivity contribution is -0.141. The summed E-state index contributed by atoms with van der Waals surface area (Å²) in [5.74, 6) is -2.44. The highest BCUT2D eigenvalue weighted by Gasteiger charge is 2.32. The zero-order chi connectivity index (χ0) is 23.3. The van der Waals surface area contributed by atoms with Crippen molar-refractivity contribution in [1.29, 1.82) is 0 Å². The Kier molecular flexibility index (Phi) is 10.9. The van der Waals surface area contributed by atoms with Gasteiger partial charge in [-0.05, 0) is 30.7 Å². The van der Waals surface area contributed by atoms with E-state index in [2.05, 4.69) is 10.6 Å². The molecule has 176 valence electrons. The summed E-state index contributed by atoms with van der Waals surface area (Å²) in [5.41, 5.74) is 0.837. The van der Waals surface area contributed by atoms with Crippen molar-refractivity contribution in [3.63, 3.8) is 0 Å². The summed E-state index contributed by atoms with van der Waals surface area (Å²) >= 11 is 0. The molecule has 1 aromatic carbocycles. The van der Waals surface area contributed by atoms with Crippen LogP contribution < -0.4 is 10.6 Å². The second-order valence-electron chi connectivity index (χ2n) is 8.38. The number of carbonyl (C=O) groups excluding carboxylic acids is 4. The van der Waals surface area contributed by atoms with Gasteiger partial charge < -0.3 is 20.1 Å². The Hall–Kier alpha value is -2.74. The molecule has 1 aliphatic rings. The number of rotatable bonds is 7. The zero-order valence-electron chi connectivity index (χ0n) is 18.9. The van der Waals surface area contributed by atoms with E-state index in [9.17, 15) is 19.2 Å². The third kappa shape index (κ3) is 8.78. The summed E-state index contributed by atoms with van der Waals surface area (Å²) in [6.45, 7) is 5.20. The van der Waals surface area contributed by atoms with Crippen LogP contribution in [0.3, 0.4) is 0 Å². The van der Waals surface area contributed by atoms with Gasteiger partial charge in [-0.3, -0.25) is 14.4 Å². The second kappa shape index (κ2) is 13.6. The molecule has 1 aromatic rings. The van der Waals surface area contributed by atoms with Gasteiger partial charge in [-0.2, -0.15) is 0 Å². The van der Waals surface area contributed by atoms with Crippen molar-refractivity contribution in [3.05, 3.63) is 35.9 Å². The van der Waals surface area contributed by atoms with E-state index in [4.69, 9.17) is 9.47 Å². The van der Waals surface area contributed by atoms with Crippen molar-refractivity contribution in [1.82, 2.24) is 10.6 Å². The van der Waals surface area contributed by atoms with Crippen molar-refractivity contribution in [2.75, 3.05) is 19.8 Å². The predicted molar refractivity (Wildman–Crippen MR) is 119 cm³/mol. The normalized spacial score (nSPS) is 19.3. The Balaban J connectivity index is 1.97. The third-order valence-electron chi connectivity index (χ3n) is 5.38. The topological polar surface area (TPSA) is 111 Å². The van der Waals surface area contributed by atoms with Crippen LogP contribution in [0.2, 0.25) is 0 Å². The molecule has 8 nitrogen and oxygen atoms in total. The molecule has 1 heterocycles. The van der Waals surface area contributed by atoms with E-state index < -0.39 is 29.7 Å². The number of amides is 2. The van der Waals surface area contributed by atoms with Gasteiger partial charge in [0.1, 0.15) is 6.61 Å². The molecule has 2 N–H and O–H groups in total. The minimum atomic E-state index is -0.807. The largest absolute Gasteiger partial charge is 0.445 e. The van der Waals surface area contributed by atoms with E-state index in [0.717, 1.165) is 12.0 Å². The lowest BCUT2D eigenvalue weighted by atomic mass is 9.87. The first-order valence-corrected chi connectivity index (χ1v) is 11.3. The van der Waals surface area contributed by atoms with Crippen molar-refractivity contribution in [3.8, 4) is 0 Å². The molecule has 0 aliphatic carbocycles. The molecule has 0 aromatic heterocycles. The first-order chi connectivity index (χ1) is 15.4. The summed E-state index contributed by atoms with van der Waals surface area (Å²) in [6, 6.07) is 8.43. The lowest BCUT2D eigenvalue weighted by Crippen LogP contribution is -2.46. The Labute approximate surface area is 189 Å². The molecule has 0 spiro atoms. The zero-order valence-corrected chi connectivity index (χ0v) is 18.9. The van der Waals surface area contributed by atoms with Crippen molar-refractivity contribution < 1.29 is 28.7 Å². The third-order valence-corrected chi connectivity index (χ3v) is 5.38. The number of ether oxygens (including phenoxy) is 2. The van der Waals surface area contributed by atoms with Gasteiger partial charge in [0.15, 0.2) is 5.78 Å².